The summed E-state index contributed by atoms with van der Waals surface area (Å²) in [5.41, 5.74) is 14.9. The molecule has 230 valence electrons. The van der Waals surface area contributed by atoms with Crippen molar-refractivity contribution in [2.24, 2.45) is 11.5 Å². The number of hydrogen-bond donors (Lipinski definition) is 5. The molecule has 0 saturated heterocycles. The van der Waals surface area contributed by atoms with Crippen molar-refractivity contribution in [2.75, 3.05) is 6.54 Å². The van der Waals surface area contributed by atoms with Crippen molar-refractivity contribution < 1.29 is 28.3 Å². The zero-order valence-corrected chi connectivity index (χ0v) is 24.9. The van der Waals surface area contributed by atoms with E-state index in [0.717, 1.165) is 59.9 Å². The number of rotatable bonds is 14. The third-order valence-electron chi connectivity index (χ3n) is 7.77. The molecule has 1 aromatic heterocycles. The van der Waals surface area contributed by atoms with Gasteiger partial charge in [-0.1, -0.05) is 31.2 Å². The van der Waals surface area contributed by atoms with E-state index in [9.17, 15) is 28.3 Å². The summed E-state index contributed by atoms with van der Waals surface area (Å²) < 4.78 is 27.9. The first-order chi connectivity index (χ1) is 20.5. The maximum absolute atomic E-state index is 14.0. The first kappa shape index (κ1) is 32.2. The number of carbonyl (C=O) groups excluding carboxylic acids is 3. The number of thiophene rings is 1. The number of nitrogens with one attached hydrogen (secondary N) is 2. The molecule has 3 amide bonds. The van der Waals surface area contributed by atoms with E-state index in [1.54, 1.807) is 0 Å². The van der Waals surface area contributed by atoms with Crippen LogP contribution in [0.1, 0.15) is 74.5 Å². The van der Waals surface area contributed by atoms with Crippen molar-refractivity contribution >= 4 is 29.1 Å². The van der Waals surface area contributed by atoms with Crippen LogP contribution in [-0.4, -0.2) is 41.5 Å². The number of halogens is 2. The lowest BCUT2D eigenvalue weighted by molar-refractivity contribution is -0.127. The molecule has 1 aliphatic rings. The molecule has 43 heavy (non-hydrogen) atoms. The number of aliphatic hydroxyl groups is 1. The van der Waals surface area contributed by atoms with Crippen LogP contribution in [-0.2, 0) is 41.8 Å². The molecular formula is C32H38F2N4O4S. The number of carbonyl (C=O) groups is 3. The number of aryl methyl sites for hydroxylation is 2. The third kappa shape index (κ3) is 8.46. The predicted molar refractivity (Wildman–Crippen MR) is 162 cm³/mol. The Bertz CT molecular complexity index is 1460. The SMILES string of the molecule is CCc1cccc(CNC[C@@H](O)[C@H](Cc2cc(F)cc(F)c2)NC(=O)CC(C(N)=O)c2sc3c(c2C(N)=O)CCCC3)c1. The van der Waals surface area contributed by atoms with Crippen molar-refractivity contribution in [2.45, 2.75) is 76.5 Å². The predicted octanol–water partition coefficient (Wildman–Crippen LogP) is 3.40. The van der Waals surface area contributed by atoms with Gasteiger partial charge in [0.1, 0.15) is 11.6 Å². The first-order valence-corrected chi connectivity index (χ1v) is 15.3. The number of amides is 3. The molecule has 0 radical (unpaired) electrons. The second-order valence-electron chi connectivity index (χ2n) is 11.0. The number of hydrogen-bond acceptors (Lipinski definition) is 6. The molecule has 0 spiro atoms. The Kier molecular flexibility index (Phi) is 11.0. The molecule has 4 rings (SSSR count). The number of aliphatic hydroxyl groups excluding tert-OH is 1. The number of benzene rings is 2. The summed E-state index contributed by atoms with van der Waals surface area (Å²) in [5, 5.41) is 17.0. The lowest BCUT2D eigenvalue weighted by Crippen LogP contribution is -2.49. The van der Waals surface area contributed by atoms with E-state index in [1.165, 1.54) is 16.9 Å². The van der Waals surface area contributed by atoms with Crippen molar-refractivity contribution in [1.29, 1.82) is 0 Å². The zero-order valence-electron chi connectivity index (χ0n) is 24.1. The summed E-state index contributed by atoms with van der Waals surface area (Å²) in [7, 11) is 0. The number of nitrogens with two attached hydrogens (primary N) is 2. The van der Waals surface area contributed by atoms with Gasteiger partial charge >= 0.3 is 0 Å². The zero-order chi connectivity index (χ0) is 31.1. The molecule has 8 nitrogen and oxygen atoms in total. The Balaban J connectivity index is 1.51. The fraction of sp³-hybridized carbons (Fsp3) is 0.406. The second-order valence-corrected chi connectivity index (χ2v) is 12.1. The van der Waals surface area contributed by atoms with Crippen LogP contribution in [0.15, 0.2) is 42.5 Å². The van der Waals surface area contributed by atoms with E-state index in [2.05, 4.69) is 23.6 Å². The Hall–Kier alpha value is -3.67. The van der Waals surface area contributed by atoms with E-state index >= 15 is 0 Å². The van der Waals surface area contributed by atoms with Crippen LogP contribution in [0, 0.1) is 11.6 Å². The van der Waals surface area contributed by atoms with Gasteiger partial charge in [0.25, 0.3) is 0 Å². The van der Waals surface area contributed by atoms with Gasteiger partial charge in [0.15, 0.2) is 0 Å². The van der Waals surface area contributed by atoms with Crippen LogP contribution in [0.3, 0.4) is 0 Å². The molecular weight excluding hydrogens is 574 g/mol. The molecule has 11 heteroatoms. The van der Waals surface area contributed by atoms with Crippen molar-refractivity contribution in [3.8, 4) is 0 Å². The fourth-order valence-electron chi connectivity index (χ4n) is 5.61. The molecule has 1 heterocycles. The Morgan fingerprint density at radius 2 is 1.70 bits per heavy atom. The van der Waals surface area contributed by atoms with Crippen molar-refractivity contribution in [1.82, 2.24) is 10.6 Å². The minimum Gasteiger partial charge on any atom is -0.390 e. The summed E-state index contributed by atoms with van der Waals surface area (Å²) in [4.78, 5) is 39.7. The summed E-state index contributed by atoms with van der Waals surface area (Å²) in [5.74, 6) is -4.72. The molecule has 3 atom stereocenters. The maximum atomic E-state index is 14.0. The van der Waals surface area contributed by atoms with E-state index in [0.29, 0.717) is 17.8 Å². The average Bonchev–Trinajstić information content (AvgIpc) is 3.34. The lowest BCUT2D eigenvalue weighted by Gasteiger charge is -2.26. The topological polar surface area (TPSA) is 148 Å². The summed E-state index contributed by atoms with van der Waals surface area (Å²) in [6.07, 6.45) is 2.54. The van der Waals surface area contributed by atoms with Gasteiger partial charge < -0.3 is 27.2 Å². The monoisotopic (exact) mass is 612 g/mol. The van der Waals surface area contributed by atoms with Gasteiger partial charge in [0, 0.05) is 35.3 Å². The van der Waals surface area contributed by atoms with E-state index in [-0.39, 0.29) is 30.5 Å². The highest BCUT2D eigenvalue weighted by Crippen LogP contribution is 2.39. The molecule has 3 aromatic rings. The highest BCUT2D eigenvalue weighted by molar-refractivity contribution is 7.12. The van der Waals surface area contributed by atoms with Crippen LogP contribution in [0.2, 0.25) is 0 Å². The van der Waals surface area contributed by atoms with E-state index in [4.69, 9.17) is 11.5 Å². The Labute approximate surface area is 253 Å². The van der Waals surface area contributed by atoms with Gasteiger partial charge in [-0.05, 0) is 72.9 Å². The van der Waals surface area contributed by atoms with E-state index in [1.807, 2.05) is 18.2 Å². The van der Waals surface area contributed by atoms with Crippen LogP contribution < -0.4 is 22.1 Å². The van der Waals surface area contributed by atoms with E-state index < -0.39 is 47.4 Å². The quantitative estimate of drug-likeness (QED) is 0.189. The standard InChI is InChI=1S/C32H38F2N4O4S/c1-2-18-6-5-7-19(10-18)16-37-17-26(39)25(13-20-11-21(33)14-22(34)12-20)38-28(40)15-24(31(35)41)30-29(32(36)42)23-8-3-4-9-27(23)43-30/h5-7,10-12,14,24-26,37,39H,2-4,8-9,13,15-17H2,1H3,(H2,35,41)(H2,36,42)(H,38,40)/t24?,25-,26+/m0/s1. The van der Waals surface area contributed by atoms with Crippen molar-refractivity contribution in [3.05, 3.63) is 91.7 Å². The summed E-state index contributed by atoms with van der Waals surface area (Å²) in [6.45, 7) is 2.59. The van der Waals surface area contributed by atoms with Gasteiger partial charge in [-0.25, -0.2) is 8.78 Å². The highest BCUT2D eigenvalue weighted by Gasteiger charge is 2.33. The summed E-state index contributed by atoms with van der Waals surface area (Å²) in [6, 6.07) is 10.1. The molecule has 2 aromatic carbocycles. The first-order valence-electron chi connectivity index (χ1n) is 14.5. The molecule has 0 aliphatic heterocycles. The van der Waals surface area contributed by atoms with Gasteiger partial charge in [0.05, 0.1) is 23.6 Å². The van der Waals surface area contributed by atoms with Crippen LogP contribution in [0.25, 0.3) is 0 Å². The second kappa shape index (κ2) is 14.7. The number of fused-ring (bicyclic) bond motifs is 1. The summed E-state index contributed by atoms with van der Waals surface area (Å²) >= 11 is 1.29. The van der Waals surface area contributed by atoms with Crippen LogP contribution in [0.5, 0.6) is 0 Å². The Morgan fingerprint density at radius 3 is 2.37 bits per heavy atom. The molecule has 1 unspecified atom stereocenters. The minimum absolute atomic E-state index is 0.0712. The normalized spacial score (nSPS) is 14.9. The van der Waals surface area contributed by atoms with Gasteiger partial charge in [-0.3, -0.25) is 14.4 Å². The molecule has 0 saturated carbocycles. The van der Waals surface area contributed by atoms with Crippen molar-refractivity contribution in [3.63, 3.8) is 0 Å². The lowest BCUT2D eigenvalue weighted by atomic mass is 9.90. The van der Waals surface area contributed by atoms with Gasteiger partial charge in [0.2, 0.25) is 17.7 Å². The largest absolute Gasteiger partial charge is 0.390 e. The minimum atomic E-state index is -1.15. The maximum Gasteiger partial charge on any atom is 0.250 e. The van der Waals surface area contributed by atoms with Crippen LogP contribution in [0.4, 0.5) is 8.78 Å². The highest BCUT2D eigenvalue weighted by atomic mass is 32.1. The Morgan fingerprint density at radius 1 is 1.00 bits per heavy atom. The molecule has 7 N–H and O–H groups in total. The van der Waals surface area contributed by atoms with Crippen LogP contribution >= 0.6 is 11.3 Å². The van der Waals surface area contributed by atoms with Gasteiger partial charge in [-0.15, -0.1) is 11.3 Å². The number of primary amides is 2. The average molecular weight is 613 g/mol. The smallest absolute Gasteiger partial charge is 0.250 e. The molecule has 1 aliphatic carbocycles. The third-order valence-corrected chi connectivity index (χ3v) is 9.17. The van der Waals surface area contributed by atoms with Gasteiger partial charge in [-0.2, -0.15) is 0 Å². The molecule has 0 bridgehead atoms. The fourth-order valence-corrected chi connectivity index (χ4v) is 7.12. The molecule has 0 fully saturated rings.